The van der Waals surface area contributed by atoms with Gasteiger partial charge in [0.2, 0.25) is 0 Å². The van der Waals surface area contributed by atoms with Crippen molar-refractivity contribution in [2.45, 2.75) is 20.8 Å². The third kappa shape index (κ3) is 3.08. The molecule has 0 unspecified atom stereocenters. The maximum absolute atomic E-state index is 12.8. The van der Waals surface area contributed by atoms with Crippen LogP contribution in [0.15, 0.2) is 60.7 Å². The van der Waals surface area contributed by atoms with E-state index in [0.29, 0.717) is 12.1 Å². The summed E-state index contributed by atoms with van der Waals surface area (Å²) in [5.41, 5.74) is 4.60. The molecule has 122 valence electrons. The number of hydrogen-bond donors (Lipinski definition) is 0. The predicted octanol–water partition coefficient (Wildman–Crippen LogP) is 4.16. The minimum atomic E-state index is 0.00335. The molecule has 0 radical (unpaired) electrons. The molecule has 3 aromatic rings. The van der Waals surface area contributed by atoms with E-state index in [1.54, 1.807) is 4.90 Å². The van der Waals surface area contributed by atoms with Crippen LogP contribution in [-0.2, 0) is 0 Å². The molecule has 3 rings (SSSR count). The molecule has 4 heteroatoms. The average Bonchev–Trinajstić information content (AvgIpc) is 2.95. The van der Waals surface area contributed by atoms with E-state index in [-0.39, 0.29) is 5.91 Å². The van der Waals surface area contributed by atoms with E-state index in [0.717, 1.165) is 22.8 Å². The Hall–Kier alpha value is -2.88. The topological polar surface area (TPSA) is 38.1 Å². The lowest BCUT2D eigenvalue weighted by Gasteiger charge is -2.21. The summed E-state index contributed by atoms with van der Waals surface area (Å²) in [5, 5.41) is 4.48. The highest BCUT2D eigenvalue weighted by atomic mass is 16.2. The first-order chi connectivity index (χ1) is 11.6. The minimum absolute atomic E-state index is 0.00335. The molecule has 0 aliphatic heterocycles. The number of amides is 1. The van der Waals surface area contributed by atoms with Crippen molar-refractivity contribution < 1.29 is 4.79 Å². The zero-order chi connectivity index (χ0) is 17.1. The second kappa shape index (κ2) is 6.71. The van der Waals surface area contributed by atoms with Gasteiger partial charge in [-0.05, 0) is 63.2 Å². The van der Waals surface area contributed by atoms with Crippen molar-refractivity contribution in [3.63, 3.8) is 0 Å². The van der Waals surface area contributed by atoms with E-state index < -0.39 is 0 Å². The summed E-state index contributed by atoms with van der Waals surface area (Å²) in [6.45, 7) is 6.60. The zero-order valence-electron chi connectivity index (χ0n) is 14.2. The van der Waals surface area contributed by atoms with Crippen molar-refractivity contribution in [1.29, 1.82) is 0 Å². The number of benzene rings is 2. The largest absolute Gasteiger partial charge is 0.309 e. The van der Waals surface area contributed by atoms with E-state index in [1.807, 2.05) is 86.1 Å². The van der Waals surface area contributed by atoms with Gasteiger partial charge in [0.25, 0.3) is 5.91 Å². The Morgan fingerprint density at radius 1 is 1.04 bits per heavy atom. The molecule has 0 N–H and O–H groups in total. The van der Waals surface area contributed by atoms with Gasteiger partial charge in [0, 0.05) is 23.5 Å². The van der Waals surface area contributed by atoms with Gasteiger partial charge in [0.1, 0.15) is 0 Å². The molecule has 0 atom stereocenters. The van der Waals surface area contributed by atoms with Gasteiger partial charge < -0.3 is 4.90 Å². The maximum Gasteiger partial charge on any atom is 0.258 e. The number of anilines is 1. The fraction of sp³-hybridized carbons (Fsp3) is 0.200. The fourth-order valence-corrected chi connectivity index (χ4v) is 2.84. The molecule has 24 heavy (non-hydrogen) atoms. The SMILES string of the molecule is CCN(C(=O)c1ccc(-n2nc(C)cc2C)cc1)c1ccccc1. The summed E-state index contributed by atoms with van der Waals surface area (Å²) in [4.78, 5) is 14.6. The van der Waals surface area contributed by atoms with Crippen LogP contribution in [0.1, 0.15) is 28.7 Å². The molecule has 1 amide bonds. The van der Waals surface area contributed by atoms with Gasteiger partial charge in [-0.2, -0.15) is 5.10 Å². The van der Waals surface area contributed by atoms with Crippen LogP contribution in [0.3, 0.4) is 0 Å². The average molecular weight is 319 g/mol. The number of rotatable bonds is 4. The quantitative estimate of drug-likeness (QED) is 0.724. The number of aryl methyl sites for hydroxylation is 2. The lowest BCUT2D eigenvalue weighted by Crippen LogP contribution is -2.30. The van der Waals surface area contributed by atoms with Crippen molar-refractivity contribution in [3.8, 4) is 5.69 Å². The highest BCUT2D eigenvalue weighted by molar-refractivity contribution is 6.06. The Kier molecular flexibility index (Phi) is 4.47. The number of para-hydroxylation sites is 1. The molecular formula is C20H21N3O. The maximum atomic E-state index is 12.8. The lowest BCUT2D eigenvalue weighted by molar-refractivity contribution is 0.0988. The van der Waals surface area contributed by atoms with Crippen molar-refractivity contribution >= 4 is 11.6 Å². The Balaban J connectivity index is 1.87. The summed E-state index contributed by atoms with van der Waals surface area (Å²) in [6, 6.07) is 19.4. The number of hydrogen-bond acceptors (Lipinski definition) is 2. The molecule has 0 bridgehead atoms. The third-order valence-corrected chi connectivity index (χ3v) is 4.00. The van der Waals surface area contributed by atoms with E-state index in [2.05, 4.69) is 5.10 Å². The van der Waals surface area contributed by atoms with Crippen molar-refractivity contribution in [3.05, 3.63) is 77.6 Å². The molecule has 0 saturated carbocycles. The Bertz CT molecular complexity index is 835. The van der Waals surface area contributed by atoms with Crippen LogP contribution in [-0.4, -0.2) is 22.2 Å². The summed E-state index contributed by atoms with van der Waals surface area (Å²) in [7, 11) is 0. The monoisotopic (exact) mass is 319 g/mol. The summed E-state index contributed by atoms with van der Waals surface area (Å²) < 4.78 is 1.89. The van der Waals surface area contributed by atoms with Gasteiger partial charge in [0.15, 0.2) is 0 Å². The van der Waals surface area contributed by atoms with Gasteiger partial charge in [0.05, 0.1) is 11.4 Å². The molecule has 0 fully saturated rings. The smallest absolute Gasteiger partial charge is 0.258 e. The van der Waals surface area contributed by atoms with Gasteiger partial charge in [-0.1, -0.05) is 18.2 Å². The first kappa shape index (κ1) is 16.0. The summed E-state index contributed by atoms with van der Waals surface area (Å²) in [5.74, 6) is 0.00335. The summed E-state index contributed by atoms with van der Waals surface area (Å²) >= 11 is 0. The second-order valence-corrected chi connectivity index (χ2v) is 5.77. The van der Waals surface area contributed by atoms with Crippen LogP contribution in [0.25, 0.3) is 5.69 Å². The first-order valence-corrected chi connectivity index (χ1v) is 8.10. The highest BCUT2D eigenvalue weighted by Crippen LogP contribution is 2.18. The second-order valence-electron chi connectivity index (χ2n) is 5.77. The fourth-order valence-electron chi connectivity index (χ4n) is 2.84. The molecule has 0 saturated heterocycles. The van der Waals surface area contributed by atoms with Crippen molar-refractivity contribution in [2.24, 2.45) is 0 Å². The molecule has 0 aliphatic carbocycles. The van der Waals surface area contributed by atoms with E-state index in [4.69, 9.17) is 0 Å². The molecule has 1 aromatic heterocycles. The molecule has 1 heterocycles. The van der Waals surface area contributed by atoms with E-state index >= 15 is 0 Å². The summed E-state index contributed by atoms with van der Waals surface area (Å²) in [6.07, 6.45) is 0. The Labute approximate surface area is 142 Å². The first-order valence-electron chi connectivity index (χ1n) is 8.10. The van der Waals surface area contributed by atoms with Gasteiger partial charge in [-0.3, -0.25) is 4.79 Å². The van der Waals surface area contributed by atoms with Crippen LogP contribution >= 0.6 is 0 Å². The molecular weight excluding hydrogens is 298 g/mol. The lowest BCUT2D eigenvalue weighted by atomic mass is 10.1. The molecule has 4 nitrogen and oxygen atoms in total. The molecule has 0 aliphatic rings. The van der Waals surface area contributed by atoms with Gasteiger partial charge >= 0.3 is 0 Å². The van der Waals surface area contributed by atoms with Crippen LogP contribution in [0.2, 0.25) is 0 Å². The number of aromatic nitrogens is 2. The number of nitrogens with zero attached hydrogens (tertiary/aromatic N) is 3. The molecule has 0 spiro atoms. The van der Waals surface area contributed by atoms with E-state index in [1.165, 1.54) is 0 Å². The zero-order valence-corrected chi connectivity index (χ0v) is 14.2. The normalized spacial score (nSPS) is 10.6. The molecule has 2 aromatic carbocycles. The Morgan fingerprint density at radius 2 is 1.71 bits per heavy atom. The minimum Gasteiger partial charge on any atom is -0.309 e. The van der Waals surface area contributed by atoms with Crippen molar-refractivity contribution in [2.75, 3.05) is 11.4 Å². The van der Waals surface area contributed by atoms with Gasteiger partial charge in [-0.25, -0.2) is 4.68 Å². The highest BCUT2D eigenvalue weighted by Gasteiger charge is 2.16. The van der Waals surface area contributed by atoms with Gasteiger partial charge in [-0.15, -0.1) is 0 Å². The third-order valence-electron chi connectivity index (χ3n) is 4.00. The Morgan fingerprint density at radius 3 is 2.25 bits per heavy atom. The van der Waals surface area contributed by atoms with Crippen LogP contribution in [0, 0.1) is 13.8 Å². The predicted molar refractivity (Wildman–Crippen MR) is 96.8 cm³/mol. The number of carbonyl (C=O) groups excluding carboxylic acids is 1. The van der Waals surface area contributed by atoms with Crippen LogP contribution < -0.4 is 4.90 Å². The van der Waals surface area contributed by atoms with Crippen LogP contribution in [0.5, 0.6) is 0 Å². The van der Waals surface area contributed by atoms with E-state index in [9.17, 15) is 4.79 Å². The van der Waals surface area contributed by atoms with Crippen LogP contribution in [0.4, 0.5) is 5.69 Å². The van der Waals surface area contributed by atoms with Crippen molar-refractivity contribution in [1.82, 2.24) is 9.78 Å². The number of carbonyl (C=O) groups is 1. The standard InChI is InChI=1S/C20H21N3O/c1-4-22(18-8-6-5-7-9-18)20(24)17-10-12-19(13-11-17)23-16(3)14-15(2)21-23/h5-14H,4H2,1-3H3.